The monoisotopic (exact) mass is 365 g/mol. The highest BCUT2D eigenvalue weighted by atomic mass is 32.2. The molecule has 1 amide bonds. The smallest absolute Gasteiger partial charge is 0.258 e. The number of aryl methyl sites for hydroxylation is 1. The number of aromatic nitrogens is 4. The van der Waals surface area contributed by atoms with Crippen molar-refractivity contribution < 1.29 is 4.79 Å². The van der Waals surface area contributed by atoms with E-state index in [-0.39, 0.29) is 11.7 Å². The molecule has 0 aliphatic carbocycles. The number of nitrogens with zero attached hydrogens (tertiary/aromatic N) is 5. The Hall–Kier alpha value is -1.71. The van der Waals surface area contributed by atoms with Gasteiger partial charge in [-0.15, -0.1) is 32.9 Å². The van der Waals surface area contributed by atoms with Gasteiger partial charge >= 0.3 is 0 Å². The van der Waals surface area contributed by atoms with Crippen molar-refractivity contribution in [3.8, 4) is 10.7 Å². The molecule has 0 fully saturated rings. The number of rotatable bonds is 5. The third-order valence-corrected chi connectivity index (χ3v) is 5.74. The van der Waals surface area contributed by atoms with E-state index in [1.54, 1.807) is 11.3 Å². The summed E-state index contributed by atoms with van der Waals surface area (Å²) in [6.07, 6.45) is 1.88. The summed E-state index contributed by atoms with van der Waals surface area (Å²) < 4.78 is 3.85. The molecule has 3 heterocycles. The molecule has 0 bridgehead atoms. The lowest BCUT2D eigenvalue weighted by atomic mass is 10.4. The molecule has 0 aliphatic heterocycles. The van der Waals surface area contributed by atoms with Crippen LogP contribution in [-0.2, 0) is 18.4 Å². The third kappa shape index (κ3) is 3.62. The van der Waals surface area contributed by atoms with Crippen LogP contribution in [0.3, 0.4) is 0 Å². The summed E-state index contributed by atoms with van der Waals surface area (Å²) in [6.45, 7) is 2.80. The second-order valence-corrected chi connectivity index (χ2v) is 7.38. The average molecular weight is 366 g/mol. The van der Waals surface area contributed by atoms with Crippen LogP contribution in [0.25, 0.3) is 10.7 Å². The fourth-order valence-corrected chi connectivity index (χ4v) is 4.22. The summed E-state index contributed by atoms with van der Waals surface area (Å²) in [5, 5.41) is 13.1. The van der Waals surface area contributed by atoms with Crippen LogP contribution in [0.2, 0.25) is 0 Å². The maximum atomic E-state index is 12.0. The highest BCUT2D eigenvalue weighted by Crippen LogP contribution is 2.27. The normalized spacial score (nSPS) is 12.0. The maximum absolute atomic E-state index is 12.0. The minimum Gasteiger partial charge on any atom is -0.327 e. The fourth-order valence-electron chi connectivity index (χ4n) is 1.97. The van der Waals surface area contributed by atoms with Gasteiger partial charge < -0.3 is 9.13 Å². The Morgan fingerprint density at radius 1 is 1.35 bits per heavy atom. The Kier molecular flexibility index (Phi) is 5.09. The maximum Gasteiger partial charge on any atom is 0.258 e. The molecule has 0 N–H and O–H groups in total. The molecule has 0 saturated heterocycles. The van der Waals surface area contributed by atoms with E-state index in [1.807, 2.05) is 52.2 Å². The molecule has 0 radical (unpaired) electrons. The Morgan fingerprint density at radius 2 is 2.22 bits per heavy atom. The Bertz CT molecular complexity index is 859. The molecule has 0 aliphatic rings. The van der Waals surface area contributed by atoms with Crippen LogP contribution in [0.15, 0.2) is 39.2 Å². The molecule has 0 atom stereocenters. The Morgan fingerprint density at radius 3 is 2.87 bits per heavy atom. The van der Waals surface area contributed by atoms with E-state index >= 15 is 0 Å². The Labute approximate surface area is 145 Å². The lowest BCUT2D eigenvalue weighted by Gasteiger charge is -2.04. The Balaban J connectivity index is 1.74. The summed E-state index contributed by atoms with van der Waals surface area (Å²) in [5.41, 5.74) is 0. The second kappa shape index (κ2) is 7.24. The van der Waals surface area contributed by atoms with Crippen LogP contribution in [0.5, 0.6) is 0 Å². The number of amides is 1. The zero-order chi connectivity index (χ0) is 16.2. The van der Waals surface area contributed by atoms with Crippen LogP contribution < -0.4 is 4.80 Å². The minimum absolute atomic E-state index is 0.170. The van der Waals surface area contributed by atoms with Gasteiger partial charge in [-0.25, -0.2) is 0 Å². The van der Waals surface area contributed by atoms with E-state index in [4.69, 9.17) is 0 Å². The predicted molar refractivity (Wildman–Crippen MR) is 93.6 cm³/mol. The van der Waals surface area contributed by atoms with Crippen LogP contribution in [0.4, 0.5) is 0 Å². The zero-order valence-corrected chi connectivity index (χ0v) is 15.1. The fraction of sp³-hybridized carbons (Fsp3) is 0.286. The van der Waals surface area contributed by atoms with Gasteiger partial charge in [-0.3, -0.25) is 4.79 Å². The van der Waals surface area contributed by atoms with Crippen LogP contribution in [-0.4, -0.2) is 31.0 Å². The molecule has 3 aromatic heterocycles. The van der Waals surface area contributed by atoms with Gasteiger partial charge in [0.2, 0.25) is 0 Å². The van der Waals surface area contributed by atoms with E-state index in [9.17, 15) is 4.79 Å². The van der Waals surface area contributed by atoms with E-state index in [0.29, 0.717) is 4.80 Å². The quantitative estimate of drug-likeness (QED) is 0.652. The van der Waals surface area contributed by atoms with Gasteiger partial charge in [0.05, 0.1) is 10.6 Å². The van der Waals surface area contributed by atoms with Crippen molar-refractivity contribution >= 4 is 40.3 Å². The molecule has 0 saturated carbocycles. The number of carbonyl (C=O) groups is 1. The number of thiazole rings is 1. The van der Waals surface area contributed by atoms with Gasteiger partial charge in [0.15, 0.2) is 15.8 Å². The van der Waals surface area contributed by atoms with Crippen LogP contribution in [0, 0.1) is 0 Å². The first-order valence-electron chi connectivity index (χ1n) is 6.96. The molecule has 3 aromatic rings. The zero-order valence-electron chi connectivity index (χ0n) is 12.7. The van der Waals surface area contributed by atoms with Crippen LogP contribution >= 0.6 is 34.4 Å². The van der Waals surface area contributed by atoms with Crippen molar-refractivity contribution in [2.45, 2.75) is 18.6 Å². The van der Waals surface area contributed by atoms with Gasteiger partial charge in [-0.1, -0.05) is 17.8 Å². The van der Waals surface area contributed by atoms with Crippen molar-refractivity contribution in [3.05, 3.63) is 33.9 Å². The number of hydrogen-bond acceptors (Lipinski definition) is 6. The molecular weight excluding hydrogens is 350 g/mol. The SMILES string of the molecule is CCn1c(SCC(=O)N=c2sccn2C)nnc1-c1cccs1. The molecule has 120 valence electrons. The van der Waals surface area contributed by atoms with Gasteiger partial charge in [-0.05, 0) is 18.4 Å². The van der Waals surface area contributed by atoms with Crippen molar-refractivity contribution in [3.63, 3.8) is 0 Å². The van der Waals surface area contributed by atoms with Crippen molar-refractivity contribution in [2.24, 2.45) is 12.0 Å². The largest absolute Gasteiger partial charge is 0.327 e. The lowest BCUT2D eigenvalue weighted by molar-refractivity contribution is -0.115. The standard InChI is InChI=1S/C14H15N5OS3/c1-3-19-12(10-5-4-7-21-10)16-17-14(19)23-9-11(20)15-13-18(2)6-8-22-13/h4-8H,3,9H2,1-2H3. The van der Waals surface area contributed by atoms with E-state index in [1.165, 1.54) is 23.1 Å². The predicted octanol–water partition coefficient (Wildman–Crippen LogP) is 2.65. The summed E-state index contributed by atoms with van der Waals surface area (Å²) >= 11 is 4.44. The van der Waals surface area contributed by atoms with Crippen molar-refractivity contribution in [1.82, 2.24) is 19.3 Å². The van der Waals surface area contributed by atoms with Crippen LogP contribution in [0.1, 0.15) is 6.92 Å². The minimum atomic E-state index is -0.170. The number of thioether (sulfide) groups is 1. The average Bonchev–Trinajstić information content (AvgIpc) is 3.26. The highest BCUT2D eigenvalue weighted by Gasteiger charge is 2.14. The third-order valence-electron chi connectivity index (χ3n) is 3.08. The molecule has 9 heteroatoms. The van der Waals surface area contributed by atoms with Gasteiger partial charge in [0.25, 0.3) is 5.91 Å². The number of carbonyl (C=O) groups excluding carboxylic acids is 1. The van der Waals surface area contributed by atoms with E-state index in [0.717, 1.165) is 22.4 Å². The van der Waals surface area contributed by atoms with Crippen molar-refractivity contribution in [2.75, 3.05) is 5.75 Å². The second-order valence-electron chi connectivity index (χ2n) is 4.62. The first kappa shape index (κ1) is 16.2. The molecule has 6 nitrogen and oxygen atoms in total. The number of thiophene rings is 1. The highest BCUT2D eigenvalue weighted by molar-refractivity contribution is 7.99. The van der Waals surface area contributed by atoms with E-state index in [2.05, 4.69) is 15.2 Å². The first-order valence-corrected chi connectivity index (χ1v) is 9.71. The van der Waals surface area contributed by atoms with Crippen molar-refractivity contribution in [1.29, 1.82) is 0 Å². The topological polar surface area (TPSA) is 65.1 Å². The lowest BCUT2D eigenvalue weighted by Crippen LogP contribution is -2.13. The summed E-state index contributed by atoms with van der Waals surface area (Å²) in [6, 6.07) is 4.01. The molecule has 0 spiro atoms. The van der Waals surface area contributed by atoms with Gasteiger partial charge in [0, 0.05) is 25.2 Å². The first-order chi connectivity index (χ1) is 11.2. The summed E-state index contributed by atoms with van der Waals surface area (Å²) in [5.74, 6) is 0.927. The molecule has 0 aromatic carbocycles. The van der Waals surface area contributed by atoms with E-state index < -0.39 is 0 Å². The number of hydrogen-bond donors (Lipinski definition) is 0. The molecule has 3 rings (SSSR count). The molecular formula is C14H15N5OS3. The summed E-state index contributed by atoms with van der Waals surface area (Å²) in [4.78, 5) is 17.9. The van der Waals surface area contributed by atoms with Gasteiger partial charge in [0.1, 0.15) is 0 Å². The van der Waals surface area contributed by atoms with Gasteiger partial charge in [-0.2, -0.15) is 4.99 Å². The molecule has 23 heavy (non-hydrogen) atoms. The molecule has 0 unspecified atom stereocenters. The summed E-state index contributed by atoms with van der Waals surface area (Å²) in [7, 11) is 1.87.